The Hall–Kier alpha value is -3.01. The van der Waals surface area contributed by atoms with Crippen molar-refractivity contribution in [3.63, 3.8) is 0 Å². The number of aromatic nitrogens is 6. The molecular weight excluding hydrogens is 300 g/mol. The van der Waals surface area contributed by atoms with Crippen molar-refractivity contribution in [3.05, 3.63) is 24.2 Å². The van der Waals surface area contributed by atoms with E-state index in [2.05, 4.69) is 30.6 Å². The van der Waals surface area contributed by atoms with Gasteiger partial charge in [-0.2, -0.15) is 20.2 Å². The Morgan fingerprint density at radius 2 is 2.39 bits per heavy atom. The van der Waals surface area contributed by atoms with Crippen LogP contribution in [0.5, 0.6) is 0 Å². The molecule has 1 aliphatic rings. The number of fused-ring (bicyclic) bond motifs is 1. The minimum atomic E-state index is -0.246. The number of ether oxygens (including phenoxy) is 1. The van der Waals surface area contributed by atoms with Gasteiger partial charge in [-0.1, -0.05) is 0 Å². The number of carbonyl (C=O) groups is 1. The lowest BCUT2D eigenvalue weighted by atomic mass is 10.2. The first-order valence-electron chi connectivity index (χ1n) is 7.12. The minimum absolute atomic E-state index is 0.0305. The summed E-state index contributed by atoms with van der Waals surface area (Å²) in [6.07, 6.45) is 4.04. The van der Waals surface area contributed by atoms with Crippen LogP contribution < -0.4 is 11.1 Å². The summed E-state index contributed by atoms with van der Waals surface area (Å²) in [5, 5.41) is 14.5. The smallest absolute Gasteiger partial charge is 0.272 e. The fraction of sp³-hybridized carbons (Fsp3) is 0.308. The van der Waals surface area contributed by atoms with E-state index < -0.39 is 0 Å². The highest BCUT2D eigenvalue weighted by Gasteiger charge is 2.20. The molecule has 1 amide bonds. The highest BCUT2D eigenvalue weighted by Crippen LogP contribution is 2.17. The highest BCUT2D eigenvalue weighted by atomic mass is 16.5. The third-order valence-electron chi connectivity index (χ3n) is 3.61. The number of amides is 1. The second-order valence-corrected chi connectivity index (χ2v) is 5.22. The Balaban J connectivity index is 1.64. The average Bonchev–Trinajstić information content (AvgIpc) is 3.27. The molecule has 1 saturated heterocycles. The number of nitrogen functional groups attached to an aromatic ring is 1. The third-order valence-corrected chi connectivity index (χ3v) is 3.61. The number of hydrogen-bond acceptors (Lipinski definition) is 7. The molecule has 0 saturated carbocycles. The Morgan fingerprint density at radius 3 is 3.22 bits per heavy atom. The number of anilines is 1. The summed E-state index contributed by atoms with van der Waals surface area (Å²) in [6.45, 7) is 1.20. The van der Waals surface area contributed by atoms with Crippen LogP contribution in [-0.4, -0.2) is 55.1 Å². The third kappa shape index (κ3) is 2.48. The van der Waals surface area contributed by atoms with Gasteiger partial charge in [-0.25, -0.2) is 4.68 Å². The zero-order valence-electron chi connectivity index (χ0n) is 12.1. The van der Waals surface area contributed by atoms with Gasteiger partial charge in [-0.15, -0.1) is 0 Å². The molecule has 0 spiro atoms. The monoisotopic (exact) mass is 314 g/mol. The Labute approximate surface area is 130 Å². The van der Waals surface area contributed by atoms with Crippen molar-refractivity contribution >= 4 is 22.9 Å². The van der Waals surface area contributed by atoms with E-state index in [1.54, 1.807) is 18.5 Å². The molecule has 0 aromatic carbocycles. The molecule has 3 aromatic rings. The van der Waals surface area contributed by atoms with Gasteiger partial charge in [0.25, 0.3) is 5.91 Å². The average molecular weight is 314 g/mol. The molecule has 1 aliphatic heterocycles. The van der Waals surface area contributed by atoms with Crippen molar-refractivity contribution in [1.82, 2.24) is 35.3 Å². The molecule has 0 bridgehead atoms. The second-order valence-electron chi connectivity index (χ2n) is 5.22. The van der Waals surface area contributed by atoms with Crippen LogP contribution in [0.15, 0.2) is 18.5 Å². The first-order chi connectivity index (χ1) is 11.2. The van der Waals surface area contributed by atoms with Gasteiger partial charge >= 0.3 is 0 Å². The van der Waals surface area contributed by atoms with Gasteiger partial charge in [0.1, 0.15) is 0 Å². The van der Waals surface area contributed by atoms with E-state index in [1.807, 2.05) is 0 Å². The quantitative estimate of drug-likeness (QED) is 0.600. The van der Waals surface area contributed by atoms with Crippen LogP contribution in [0.4, 0.5) is 5.95 Å². The highest BCUT2D eigenvalue weighted by molar-refractivity contribution is 5.92. The number of H-pyrrole nitrogens is 1. The predicted molar refractivity (Wildman–Crippen MR) is 79.9 cm³/mol. The van der Waals surface area contributed by atoms with Crippen LogP contribution in [0.1, 0.15) is 16.9 Å². The lowest BCUT2D eigenvalue weighted by molar-refractivity contribution is 0.0924. The largest absolute Gasteiger partial charge is 0.379 e. The zero-order valence-corrected chi connectivity index (χ0v) is 12.1. The molecule has 0 radical (unpaired) electrons. The number of nitrogens with zero attached hydrogens (tertiary/aromatic N) is 5. The van der Waals surface area contributed by atoms with E-state index in [-0.39, 0.29) is 17.9 Å². The Bertz CT molecular complexity index is 864. The summed E-state index contributed by atoms with van der Waals surface area (Å²) in [5.41, 5.74) is 6.50. The van der Waals surface area contributed by atoms with Crippen LogP contribution in [0.3, 0.4) is 0 Å². The van der Waals surface area contributed by atoms with Gasteiger partial charge in [0.2, 0.25) is 5.95 Å². The first kappa shape index (κ1) is 13.6. The van der Waals surface area contributed by atoms with E-state index in [9.17, 15) is 4.79 Å². The molecule has 4 rings (SSSR count). The molecule has 0 aliphatic carbocycles. The normalized spacial score (nSPS) is 17.7. The molecule has 4 heterocycles. The first-order valence-corrected chi connectivity index (χ1v) is 7.12. The lowest BCUT2D eigenvalue weighted by Crippen LogP contribution is -2.35. The van der Waals surface area contributed by atoms with Gasteiger partial charge in [0.05, 0.1) is 24.2 Å². The number of aromatic amines is 1. The van der Waals surface area contributed by atoms with Gasteiger partial charge in [0.15, 0.2) is 17.2 Å². The van der Waals surface area contributed by atoms with E-state index in [4.69, 9.17) is 10.5 Å². The van der Waals surface area contributed by atoms with Gasteiger partial charge in [-0.3, -0.25) is 9.89 Å². The molecular formula is C13H14N8O2. The zero-order chi connectivity index (χ0) is 15.8. The molecule has 118 valence electrons. The molecule has 4 N–H and O–H groups in total. The fourth-order valence-electron chi connectivity index (χ4n) is 2.48. The standard InChI is InChI=1S/C13H14N8O2/c14-13-17-10-8(5-15-19-10)11(18-13)21-3-1-9(20-21)12(22)16-7-2-4-23-6-7/h1,3,5,7H,2,4,6H2,(H,16,22)(H3,14,15,17,18,19). The Kier molecular flexibility index (Phi) is 3.15. The number of carbonyl (C=O) groups excluding carboxylic acids is 1. The summed E-state index contributed by atoms with van der Waals surface area (Å²) in [7, 11) is 0. The lowest BCUT2D eigenvalue weighted by Gasteiger charge is -2.08. The van der Waals surface area contributed by atoms with Gasteiger partial charge < -0.3 is 15.8 Å². The summed E-state index contributed by atoms with van der Waals surface area (Å²) in [4.78, 5) is 20.4. The Morgan fingerprint density at radius 1 is 1.48 bits per heavy atom. The molecule has 1 atom stereocenters. The predicted octanol–water partition coefficient (Wildman–Crippen LogP) is -0.360. The van der Waals surface area contributed by atoms with Crippen molar-refractivity contribution in [2.45, 2.75) is 12.5 Å². The van der Waals surface area contributed by atoms with Crippen molar-refractivity contribution in [2.75, 3.05) is 18.9 Å². The maximum absolute atomic E-state index is 12.2. The van der Waals surface area contributed by atoms with Crippen LogP contribution in [0.2, 0.25) is 0 Å². The summed E-state index contributed by atoms with van der Waals surface area (Å²) in [6, 6.07) is 1.65. The van der Waals surface area contributed by atoms with Crippen molar-refractivity contribution in [2.24, 2.45) is 0 Å². The SMILES string of the molecule is Nc1nc(-n2ccc(C(=O)NC3CCOC3)n2)c2cn[nH]c2n1. The molecule has 3 aromatic heterocycles. The van der Waals surface area contributed by atoms with Gasteiger partial charge in [0, 0.05) is 12.8 Å². The molecule has 10 heteroatoms. The molecule has 1 fully saturated rings. The number of hydrogen-bond donors (Lipinski definition) is 3. The maximum atomic E-state index is 12.2. The molecule has 10 nitrogen and oxygen atoms in total. The number of nitrogens with two attached hydrogens (primary N) is 1. The molecule has 23 heavy (non-hydrogen) atoms. The van der Waals surface area contributed by atoms with Crippen LogP contribution >= 0.6 is 0 Å². The van der Waals surface area contributed by atoms with E-state index in [0.29, 0.717) is 35.8 Å². The van der Waals surface area contributed by atoms with Crippen LogP contribution in [-0.2, 0) is 4.74 Å². The van der Waals surface area contributed by atoms with Crippen molar-refractivity contribution in [1.29, 1.82) is 0 Å². The maximum Gasteiger partial charge on any atom is 0.272 e. The summed E-state index contributed by atoms with van der Waals surface area (Å²) >= 11 is 0. The topological polar surface area (TPSA) is 137 Å². The number of rotatable bonds is 3. The van der Waals surface area contributed by atoms with Crippen LogP contribution in [0, 0.1) is 0 Å². The van der Waals surface area contributed by atoms with E-state index >= 15 is 0 Å². The van der Waals surface area contributed by atoms with Crippen molar-refractivity contribution < 1.29 is 9.53 Å². The number of nitrogens with one attached hydrogen (secondary N) is 2. The second kappa shape index (κ2) is 5.32. The summed E-state index contributed by atoms with van der Waals surface area (Å²) < 4.78 is 6.72. The minimum Gasteiger partial charge on any atom is -0.379 e. The van der Waals surface area contributed by atoms with Gasteiger partial charge in [-0.05, 0) is 12.5 Å². The van der Waals surface area contributed by atoms with E-state index in [1.165, 1.54) is 4.68 Å². The molecule has 1 unspecified atom stereocenters. The summed E-state index contributed by atoms with van der Waals surface area (Å²) in [5.74, 6) is 0.315. The van der Waals surface area contributed by atoms with Crippen molar-refractivity contribution in [3.8, 4) is 5.82 Å². The fourth-order valence-corrected chi connectivity index (χ4v) is 2.48. The van der Waals surface area contributed by atoms with E-state index in [0.717, 1.165) is 6.42 Å². The van der Waals surface area contributed by atoms with Crippen LogP contribution in [0.25, 0.3) is 16.9 Å².